The zero-order chi connectivity index (χ0) is 85.9. The van der Waals surface area contributed by atoms with E-state index in [1.165, 1.54) is 0 Å². The topological polar surface area (TPSA) is 259 Å². The summed E-state index contributed by atoms with van der Waals surface area (Å²) >= 11 is 0. The Morgan fingerprint density at radius 2 is 0.528 bits per heavy atom. The van der Waals surface area contributed by atoms with Crippen LogP contribution in [-0.2, 0) is 80.4 Å². The van der Waals surface area contributed by atoms with Crippen LogP contribution < -0.4 is 20.4 Å². The molecule has 0 saturated heterocycles. The van der Waals surface area contributed by atoms with Crippen molar-refractivity contribution in [2.45, 2.75) is 6.92 Å². The minimum absolute atomic E-state index is 0. The first-order valence-electron chi connectivity index (χ1n) is 36.9. The number of aryl methyl sites for hydroxylation is 1. The van der Waals surface area contributed by atoms with E-state index in [4.69, 9.17) is 10.5 Å². The number of rotatable bonds is 11. The van der Waals surface area contributed by atoms with Crippen LogP contribution in [0.5, 0.6) is 0 Å². The van der Waals surface area contributed by atoms with Crippen LogP contribution >= 0.6 is 0 Å². The summed E-state index contributed by atoms with van der Waals surface area (Å²) in [6.45, 7) is 1.88. The maximum absolute atomic E-state index is 13.4. The Morgan fingerprint density at radius 3 is 0.795 bits per heavy atom. The number of benzene rings is 7. The van der Waals surface area contributed by atoms with Gasteiger partial charge in [-0.15, -0.1) is 48.5 Å². The van der Waals surface area contributed by atoms with Gasteiger partial charge < -0.3 is 60.7 Å². The molecule has 30 heteroatoms. The van der Waals surface area contributed by atoms with E-state index >= 15 is 0 Å². The number of nitrogens with zero attached hydrogens (tertiary/aromatic N) is 18. The van der Waals surface area contributed by atoms with E-state index in [9.17, 15) is 35.1 Å². The van der Waals surface area contributed by atoms with E-state index in [1.54, 1.807) is 141 Å². The van der Waals surface area contributed by atoms with Crippen molar-refractivity contribution in [3.05, 3.63) is 434 Å². The van der Waals surface area contributed by atoms with E-state index in [-0.39, 0.29) is 103 Å². The smallest absolute Gasteiger partial charge is 0.0991 e. The number of nitriles is 2. The van der Waals surface area contributed by atoms with Crippen molar-refractivity contribution in [3.63, 3.8) is 0 Å². The Labute approximate surface area is 778 Å². The Kier molecular flexibility index (Phi) is 39.4. The van der Waals surface area contributed by atoms with Crippen LogP contribution in [0.2, 0.25) is 0 Å². The van der Waals surface area contributed by atoms with Gasteiger partial charge in [0.15, 0.2) is 0 Å². The van der Waals surface area contributed by atoms with Crippen LogP contribution in [0.3, 0.4) is 0 Å². The van der Waals surface area contributed by atoms with E-state index in [0.29, 0.717) is 33.9 Å². The fourth-order valence-corrected chi connectivity index (χ4v) is 10.9. The van der Waals surface area contributed by atoms with Gasteiger partial charge in [0.2, 0.25) is 0 Å². The van der Waals surface area contributed by atoms with Gasteiger partial charge in [-0.1, -0.05) is 202 Å². The van der Waals surface area contributed by atoms with Gasteiger partial charge in [-0.25, -0.2) is 0 Å². The molecule has 0 aliphatic heterocycles. The first-order chi connectivity index (χ1) is 60.1. The Morgan fingerprint density at radius 1 is 0.252 bits per heavy atom. The summed E-state index contributed by atoms with van der Waals surface area (Å²) in [7, 11) is 0. The molecule has 127 heavy (non-hydrogen) atoms. The fourth-order valence-electron chi connectivity index (χ4n) is 10.9. The third-order valence-corrected chi connectivity index (χ3v) is 16.8. The average Bonchev–Trinajstić information content (AvgIpc) is 1.82. The van der Waals surface area contributed by atoms with Gasteiger partial charge in [0.25, 0.3) is 0 Å². The van der Waals surface area contributed by atoms with Gasteiger partial charge in [-0.3, -0.25) is 55.1 Å². The molecular weight excluding hydrogens is 2340 g/mol. The number of halogens is 8. The molecule has 4 radical (unpaired) electrons. The van der Waals surface area contributed by atoms with Crippen LogP contribution in [0.15, 0.2) is 347 Å². The molecular formula is C97H60F8Ir4N18-8. The maximum Gasteiger partial charge on any atom is 0.0991 e. The van der Waals surface area contributed by atoms with Gasteiger partial charge in [-0.2, -0.15) is 10.5 Å². The summed E-state index contributed by atoms with van der Waals surface area (Å²) in [5.41, 5.74) is 16.6. The maximum atomic E-state index is 13.4. The van der Waals surface area contributed by atoms with Gasteiger partial charge in [0.1, 0.15) is 0 Å². The molecule has 7 aromatic carbocycles. The molecule has 0 saturated carbocycles. The minimum Gasteiger partial charge on any atom is -0.574 e. The summed E-state index contributed by atoms with van der Waals surface area (Å²) in [4.78, 5) is 32.7. The molecule has 0 aliphatic carbocycles. The number of pyridine rings is 8. The summed E-state index contributed by atoms with van der Waals surface area (Å²) in [5, 5.41) is 50.0. The Hall–Kier alpha value is -14.4. The normalized spacial score (nSPS) is 9.82. The van der Waals surface area contributed by atoms with Gasteiger partial charge in [-0.05, 0) is 162 Å². The zero-order valence-corrected chi connectivity index (χ0v) is 75.4. The summed E-state index contributed by atoms with van der Waals surface area (Å²) < 4.78 is 103. The molecule has 0 atom stereocenters. The van der Waals surface area contributed by atoms with Gasteiger partial charge in [0.05, 0.1) is 23.3 Å². The van der Waals surface area contributed by atoms with Crippen LogP contribution in [0.1, 0.15) is 16.7 Å². The monoisotopic (exact) mass is 2400 g/mol. The van der Waals surface area contributed by atoms with Crippen molar-refractivity contribution in [2.75, 3.05) is 0 Å². The molecule has 12 aromatic heterocycles. The van der Waals surface area contributed by atoms with Crippen LogP contribution in [0, 0.1) is 100 Å². The van der Waals surface area contributed by atoms with E-state index in [1.807, 2.05) is 165 Å². The molecule has 12 heterocycles. The van der Waals surface area contributed by atoms with Gasteiger partial charge >= 0.3 is 0 Å². The van der Waals surface area contributed by atoms with Crippen molar-refractivity contribution in [2.24, 2.45) is 0 Å². The second-order valence-electron chi connectivity index (χ2n) is 25.4. The van der Waals surface area contributed by atoms with Crippen molar-refractivity contribution in [3.8, 4) is 136 Å². The molecule has 19 aromatic rings. The van der Waals surface area contributed by atoms with E-state index in [0.717, 1.165) is 133 Å². The molecule has 0 bridgehead atoms. The predicted molar refractivity (Wildman–Crippen MR) is 447 cm³/mol. The molecule has 0 amide bonds. The summed E-state index contributed by atoms with van der Waals surface area (Å²) in [6, 6.07) is 95.7. The second-order valence-corrected chi connectivity index (χ2v) is 25.4. The molecule has 0 aliphatic rings. The van der Waals surface area contributed by atoms with Crippen LogP contribution in [0.4, 0.5) is 35.1 Å². The third kappa shape index (κ3) is 29.4. The van der Waals surface area contributed by atoms with Crippen molar-refractivity contribution in [1.82, 2.24) is 80.7 Å². The van der Waals surface area contributed by atoms with Gasteiger partial charge in [0, 0.05) is 223 Å². The van der Waals surface area contributed by atoms with Crippen molar-refractivity contribution in [1.29, 1.82) is 10.5 Å². The quantitative estimate of drug-likeness (QED) is 0.0861. The third-order valence-electron chi connectivity index (χ3n) is 16.8. The Balaban J connectivity index is 0.000000180. The van der Waals surface area contributed by atoms with Crippen molar-refractivity contribution < 1.29 is 116 Å². The molecule has 0 fully saturated rings. The average molecular weight is 2400 g/mol. The minimum atomic E-state index is -0.649. The number of hydrogen-bond donors (Lipinski definition) is 0. The second kappa shape index (κ2) is 51.0. The Bertz CT molecular complexity index is 6190. The predicted octanol–water partition coefficient (Wildman–Crippen LogP) is 20.8. The molecule has 638 valence electrons. The standard InChI is InChI=1S/2C15H9N4.C14H10N3.C12H8F2N.3C11H6F2N.C8H6N3.4Ir/c2*16-10-11-4-6-12(7-5-11)14-9-15(19-18-14)13-3-1-2-8-17-13;1-2-6-11(7-3-1)13-10-14(17-16-13)12-8-4-5-9-15-12;1-8-4-5-15-12(6-8)10-3-2-9(13)7-11(10)14;3*12-8-4-5-9(10(13)7-8)11-3-1-2-6-14-11;1-2-5-9-7(3-1)8-4-6-10-11-8;;;;/h2*1-9H;1-10H;2,4-7H,1H3;3*1-4,6-7H;1-6H;;;;/q8*-1;;;;. The molecule has 0 N–H and O–H groups in total. The number of hydrogen-bond acceptors (Lipinski definition) is 14. The molecule has 0 spiro atoms. The van der Waals surface area contributed by atoms with Crippen LogP contribution in [-0.4, -0.2) is 60.3 Å². The zero-order valence-electron chi connectivity index (χ0n) is 65.8. The molecule has 18 nitrogen and oxygen atoms in total. The molecule has 0 unspecified atom stereocenters. The first-order valence-corrected chi connectivity index (χ1v) is 36.9. The van der Waals surface area contributed by atoms with E-state index in [2.05, 4.69) is 117 Å². The number of aromatic nitrogens is 16. The summed E-state index contributed by atoms with van der Waals surface area (Å²) in [5.74, 6) is -5.14. The fraction of sp³-hybridized carbons (Fsp3) is 0.0103. The van der Waals surface area contributed by atoms with E-state index < -0.39 is 46.5 Å². The molecule has 19 rings (SSSR count). The summed E-state index contributed by atoms with van der Waals surface area (Å²) in [6.07, 6.45) is 14.8. The van der Waals surface area contributed by atoms with Crippen molar-refractivity contribution >= 4 is 0 Å². The van der Waals surface area contributed by atoms with Crippen LogP contribution in [0.25, 0.3) is 124 Å². The SMILES string of the molecule is Cc1ccnc(-c2[c-]cc(F)cc2F)c1.Fc1c[c-]c(-c2ccccn2)c(F)c1.Fc1c[c-]c(-c2ccccn2)c(F)c1.Fc1c[c-]c(-c2ccccn2)c(F)c1.N#Cc1ccc(-c2cc(-c3ccccn3)[n-]n2)cc1.N#Cc1ccc(-c2cc(-c3ccccn3)[n-]n2)cc1.[Ir].[Ir].[Ir].[Ir].c1ccc(-c2cc(-c3ccccn3)[n-]n2)cc1.c1ccc(-c2ccn[n-]2)nc1. The largest absolute Gasteiger partial charge is 0.574 e. The first kappa shape index (κ1) is 98.0.